The first-order valence-corrected chi connectivity index (χ1v) is 27.6. The van der Waals surface area contributed by atoms with Crippen LogP contribution in [-0.4, -0.2) is 232 Å². The number of carboxylic acids is 3. The van der Waals surface area contributed by atoms with Crippen LogP contribution < -0.4 is 25.3 Å². The van der Waals surface area contributed by atoms with Crippen LogP contribution in [0.5, 0.6) is 17.2 Å². The van der Waals surface area contributed by atoms with Gasteiger partial charge in [0.05, 0.1) is 16.8 Å². The van der Waals surface area contributed by atoms with E-state index in [9.17, 15) is 75.7 Å². The summed E-state index contributed by atoms with van der Waals surface area (Å²) in [4.78, 5) is 35.6. The van der Waals surface area contributed by atoms with E-state index in [0.29, 0.717) is 49.0 Å². The van der Waals surface area contributed by atoms with Crippen LogP contribution in [0.4, 0.5) is 0 Å². The lowest BCUT2D eigenvalue weighted by Crippen LogP contribution is -2.61. The van der Waals surface area contributed by atoms with Crippen molar-refractivity contribution in [1.82, 2.24) is 10.2 Å². The second-order valence-corrected chi connectivity index (χ2v) is 21.7. The molecule has 12 unspecified atom stereocenters. The van der Waals surface area contributed by atoms with Crippen molar-refractivity contribution < 1.29 is 119 Å². The van der Waals surface area contributed by atoms with Gasteiger partial charge in [-0.1, -0.05) is 77.9 Å². The van der Waals surface area contributed by atoms with Crippen LogP contribution in [0.25, 0.3) is 0 Å². The molecule has 0 aromatic heterocycles. The molecule has 3 heterocycles. The zero-order chi connectivity index (χ0) is 63.3. The van der Waals surface area contributed by atoms with Crippen LogP contribution in [0.2, 0.25) is 0 Å². The van der Waals surface area contributed by atoms with E-state index in [0.717, 1.165) is 0 Å². The summed E-state index contributed by atoms with van der Waals surface area (Å²) in [5.74, 6) is -4.26. The molecule has 3 fully saturated rings. The van der Waals surface area contributed by atoms with Crippen molar-refractivity contribution in [3.05, 3.63) is 89.5 Å². The number of hydrogen-bond acceptors (Lipinski definition) is 24. The van der Waals surface area contributed by atoms with E-state index >= 15 is 0 Å². The molecule has 27 heteroatoms. The molecular weight excluding hydrogens is 1110 g/mol. The van der Waals surface area contributed by atoms with Crippen molar-refractivity contribution >= 4 is 17.9 Å². The summed E-state index contributed by atoms with van der Waals surface area (Å²) in [5.41, 5.74) is 3.98. The lowest BCUT2D eigenvalue weighted by atomic mass is 9.80. The van der Waals surface area contributed by atoms with Crippen LogP contribution in [-0.2, 0) is 45.4 Å². The molecule has 84 heavy (non-hydrogen) atoms. The Hall–Kier alpha value is -5.25. The number of ether oxygens (including phenoxy) is 6. The van der Waals surface area contributed by atoms with Crippen LogP contribution in [0.1, 0.15) is 77.5 Å². The predicted octanol–water partition coefficient (Wildman–Crippen LogP) is -1.69. The normalized spacial score (nSPS) is 31.1. The average molecular weight is 1200 g/mol. The molecule has 0 bridgehead atoms. The molecule has 6 rings (SSSR count). The topological polar surface area (TPSA) is 451 Å². The number of nitrogens with two attached hydrogens (primary N) is 1. The van der Waals surface area contributed by atoms with Crippen LogP contribution >= 0.6 is 0 Å². The zero-order valence-electron chi connectivity index (χ0n) is 48.5. The highest BCUT2D eigenvalue weighted by Gasteiger charge is 2.51. The minimum atomic E-state index is -1.79. The minimum Gasteiger partial charge on any atom is -0.479 e. The molecule has 0 amide bonds. The summed E-state index contributed by atoms with van der Waals surface area (Å²) < 4.78 is 32.0. The first-order valence-electron chi connectivity index (χ1n) is 27.6. The van der Waals surface area contributed by atoms with Crippen molar-refractivity contribution in [2.75, 3.05) is 40.8 Å². The van der Waals surface area contributed by atoms with E-state index in [-0.39, 0.29) is 41.5 Å². The van der Waals surface area contributed by atoms with Gasteiger partial charge < -0.3 is 121 Å². The number of nitrogens with one attached hydrogen (secondary N) is 1. The SMILES string of the molecule is CCC(O)(c1cccc(O[C@@H]2OC(C(=O)O)[C@@H](O)[C@@H](O)C2O)c1)C(C)CN.CCC(O)(c1cccc(O[C@@H]2OC(C(=O)O)[C@@H](O)[C@@H](O)C2O)c1)C(C)CN(C)C.CCC(O)(c1cccc(O[C@@H]2OC(C(=O)O)[C@@H](O)[C@@H](O)C2O)c1)C(C)CNC. The van der Waals surface area contributed by atoms with Gasteiger partial charge in [0.1, 0.15) is 72.2 Å². The first-order chi connectivity index (χ1) is 39.3. The number of aliphatic hydroxyl groups is 12. The summed E-state index contributed by atoms with van der Waals surface area (Å²) in [7, 11) is 5.64. The summed E-state index contributed by atoms with van der Waals surface area (Å²) >= 11 is 0. The number of rotatable bonds is 23. The van der Waals surface area contributed by atoms with Gasteiger partial charge in [0.25, 0.3) is 0 Å². The fraction of sp³-hybridized carbons (Fsp3) is 0.632. The van der Waals surface area contributed by atoms with Gasteiger partial charge in [-0.05, 0) is 100 Å². The van der Waals surface area contributed by atoms with E-state index in [1.54, 1.807) is 73.8 Å². The van der Waals surface area contributed by atoms with Gasteiger partial charge in [0, 0.05) is 30.8 Å². The van der Waals surface area contributed by atoms with Gasteiger partial charge >= 0.3 is 17.9 Å². The number of benzene rings is 3. The Balaban J connectivity index is 0.000000270. The van der Waals surface area contributed by atoms with E-state index in [4.69, 9.17) is 49.5 Å². The van der Waals surface area contributed by atoms with Crippen LogP contribution in [0.15, 0.2) is 72.8 Å². The predicted molar refractivity (Wildman–Crippen MR) is 296 cm³/mol. The molecule has 474 valence electrons. The smallest absolute Gasteiger partial charge is 0.335 e. The van der Waals surface area contributed by atoms with Gasteiger partial charge in [-0.25, -0.2) is 14.4 Å². The lowest BCUT2D eigenvalue weighted by Gasteiger charge is -2.39. The molecule has 3 aliphatic heterocycles. The maximum absolute atomic E-state index is 11.3. The third-order valence-electron chi connectivity index (χ3n) is 15.8. The fourth-order valence-electron chi connectivity index (χ4n) is 10.2. The molecule has 3 aromatic rings. The van der Waals surface area contributed by atoms with Crippen LogP contribution in [0, 0.1) is 17.8 Å². The third kappa shape index (κ3) is 16.6. The second-order valence-electron chi connectivity index (χ2n) is 21.7. The van der Waals surface area contributed by atoms with Gasteiger partial charge in [-0.3, -0.25) is 0 Å². The molecule has 0 saturated carbocycles. The highest BCUT2D eigenvalue weighted by Crippen LogP contribution is 2.39. The highest BCUT2D eigenvalue weighted by molar-refractivity contribution is 5.74. The Morgan fingerprint density at radius 1 is 0.512 bits per heavy atom. The summed E-state index contributed by atoms with van der Waals surface area (Å²) in [6.45, 7) is 12.8. The quantitative estimate of drug-likeness (QED) is 0.0504. The van der Waals surface area contributed by atoms with Crippen molar-refractivity contribution in [2.24, 2.45) is 23.5 Å². The molecule has 0 radical (unpaired) electrons. The lowest BCUT2D eigenvalue weighted by molar-refractivity contribution is -0.271. The number of carbonyl (C=O) groups is 3. The fourth-order valence-corrected chi connectivity index (χ4v) is 10.2. The molecule has 21 atom stereocenters. The first kappa shape index (κ1) is 71.2. The molecule has 18 N–H and O–H groups in total. The van der Waals surface area contributed by atoms with Crippen molar-refractivity contribution in [3.8, 4) is 17.2 Å². The van der Waals surface area contributed by atoms with Crippen molar-refractivity contribution in [2.45, 2.75) is 170 Å². The molecule has 3 saturated heterocycles. The molecule has 3 aliphatic rings. The van der Waals surface area contributed by atoms with Crippen LogP contribution in [0.3, 0.4) is 0 Å². The Kier molecular flexibility index (Phi) is 26.2. The molecular formula is C57H87N3O24. The van der Waals surface area contributed by atoms with E-state index in [1.807, 2.05) is 60.5 Å². The van der Waals surface area contributed by atoms with Gasteiger partial charge in [-0.15, -0.1) is 0 Å². The van der Waals surface area contributed by atoms with E-state index in [1.165, 1.54) is 6.07 Å². The monoisotopic (exact) mass is 1200 g/mol. The maximum atomic E-state index is 11.3. The van der Waals surface area contributed by atoms with Gasteiger partial charge in [-0.2, -0.15) is 0 Å². The summed E-state index contributed by atoms with van der Waals surface area (Å²) in [5, 5.41) is 153. The number of hydrogen-bond donors (Lipinski definition) is 17. The van der Waals surface area contributed by atoms with Gasteiger partial charge in [0.2, 0.25) is 18.9 Å². The third-order valence-corrected chi connectivity index (χ3v) is 15.8. The number of aliphatic carboxylic acids is 3. The second kappa shape index (κ2) is 30.9. The summed E-state index contributed by atoms with van der Waals surface area (Å²) in [6.07, 6.45) is -24.0. The average Bonchev–Trinajstić information content (AvgIpc) is 3.32. The molecule has 3 aromatic carbocycles. The number of nitrogens with zero attached hydrogens (tertiary/aromatic N) is 1. The zero-order valence-corrected chi connectivity index (χ0v) is 48.5. The number of aliphatic hydroxyl groups excluding tert-OH is 9. The van der Waals surface area contributed by atoms with E-state index < -0.39 is 127 Å². The Bertz CT molecular complexity index is 2570. The van der Waals surface area contributed by atoms with Crippen molar-refractivity contribution in [3.63, 3.8) is 0 Å². The standard InChI is InChI=1S/C20H31NO8.C19H29NO8.C18H27NO8/c1-5-20(27,11(2)10-21(3)4)12-7-6-8-13(9-12)28-19-16(24)14(22)15(23)17(29-19)18(25)26;1-4-19(26,10(2)9-20-3)11-6-5-7-12(8-11)27-18-15(23)13(21)14(22)16(28-18)17(24)25;1-3-18(25,9(2)8-19)10-5-4-6-11(7-10)26-17-14(22)12(20)13(21)15(27-17)16(23)24/h6-9,11,14-17,19,22-24,27H,5,10H2,1-4H3,(H,25,26);5-8,10,13-16,18,20-23,26H,4,9H2,1-3H3,(H,24,25);4-7,9,12-15,17,20-22,25H,3,8,19H2,1-2H3,(H,23,24)/t11?,14-,15+,16?,17?,19-,20?;10?,13-,14+,15?,16?,18-,19?;9?,12-,13+,14?,15?,17-,18?/m111/s1. The highest BCUT2D eigenvalue weighted by atomic mass is 16.7. The minimum absolute atomic E-state index is 0.0948. The van der Waals surface area contributed by atoms with Crippen molar-refractivity contribution in [1.29, 1.82) is 0 Å². The molecule has 0 spiro atoms. The Labute approximate surface area is 487 Å². The number of carboxylic acid groups (broad SMARTS) is 3. The Morgan fingerprint density at radius 3 is 1.05 bits per heavy atom. The van der Waals surface area contributed by atoms with E-state index in [2.05, 4.69) is 5.32 Å². The molecule has 0 aliphatic carbocycles. The van der Waals surface area contributed by atoms with Gasteiger partial charge in [0.15, 0.2) is 18.3 Å². The molecule has 27 nitrogen and oxygen atoms in total. The summed E-state index contributed by atoms with van der Waals surface area (Å²) in [6, 6.07) is 19.6. The maximum Gasteiger partial charge on any atom is 0.335 e. The Morgan fingerprint density at radius 2 is 0.798 bits per heavy atom. The largest absolute Gasteiger partial charge is 0.479 e.